The summed E-state index contributed by atoms with van der Waals surface area (Å²) >= 11 is 0. The Balaban J connectivity index is 1.14. The van der Waals surface area contributed by atoms with Gasteiger partial charge in [-0.1, -0.05) is 158 Å². The number of para-hydroxylation sites is 2. The van der Waals surface area contributed by atoms with Crippen molar-refractivity contribution in [1.29, 1.82) is 0 Å². The van der Waals surface area contributed by atoms with Crippen molar-refractivity contribution in [2.45, 2.75) is 0 Å². The van der Waals surface area contributed by atoms with Crippen molar-refractivity contribution in [2.75, 3.05) is 4.90 Å². The number of nitrogens with zero attached hydrogens (tertiary/aromatic N) is 1. The topological polar surface area (TPSA) is 16.4 Å². The Labute approximate surface area is 302 Å². The van der Waals surface area contributed by atoms with Crippen LogP contribution in [0.2, 0.25) is 0 Å². The minimum Gasteiger partial charge on any atom is -0.456 e. The standard InChI is InChI=1S/C50H33NO/c1-3-19-40-34(13-1)15-10-23-41(40)37-17-9-18-38(33-37)43-21-5-7-25-46(43)51(47-26-11-16-35-14-2-4-20-42(35)47)39-31-29-36(30-32-39)44-24-12-28-49-50(44)45-22-6-8-27-48(45)52-49/h1-33H. The SMILES string of the molecule is c1cc(-c2ccccc2N(c2ccc(-c3cccc4oc5ccccc5c34)cc2)c2cccc3ccccc23)cc(-c2cccc3ccccc23)c1. The zero-order valence-corrected chi connectivity index (χ0v) is 28.4. The second kappa shape index (κ2) is 12.5. The molecule has 0 atom stereocenters. The molecule has 0 saturated heterocycles. The molecule has 0 unspecified atom stereocenters. The van der Waals surface area contributed by atoms with Crippen LogP contribution in [0.1, 0.15) is 0 Å². The van der Waals surface area contributed by atoms with E-state index in [1.807, 2.05) is 12.1 Å². The minimum atomic E-state index is 0.903. The maximum absolute atomic E-state index is 6.24. The van der Waals surface area contributed by atoms with Crippen LogP contribution in [-0.2, 0) is 0 Å². The third-order valence-corrected chi connectivity index (χ3v) is 10.3. The fourth-order valence-electron chi connectivity index (χ4n) is 7.86. The summed E-state index contributed by atoms with van der Waals surface area (Å²) in [6.45, 7) is 0. The third-order valence-electron chi connectivity index (χ3n) is 10.3. The van der Waals surface area contributed by atoms with E-state index in [0.717, 1.165) is 55.7 Å². The molecule has 9 aromatic carbocycles. The van der Waals surface area contributed by atoms with E-state index in [1.54, 1.807) is 0 Å². The smallest absolute Gasteiger partial charge is 0.136 e. The van der Waals surface area contributed by atoms with E-state index in [1.165, 1.54) is 38.2 Å². The van der Waals surface area contributed by atoms with Gasteiger partial charge in [-0.25, -0.2) is 0 Å². The number of benzene rings is 9. The summed E-state index contributed by atoms with van der Waals surface area (Å²) < 4.78 is 6.24. The molecule has 10 aromatic rings. The molecule has 0 amide bonds. The number of hydrogen-bond donors (Lipinski definition) is 0. The van der Waals surface area contributed by atoms with Crippen LogP contribution in [0.3, 0.4) is 0 Å². The van der Waals surface area contributed by atoms with E-state index in [-0.39, 0.29) is 0 Å². The van der Waals surface area contributed by atoms with Gasteiger partial charge in [-0.15, -0.1) is 0 Å². The molecule has 0 aliphatic heterocycles. The van der Waals surface area contributed by atoms with Gasteiger partial charge in [0, 0.05) is 27.4 Å². The van der Waals surface area contributed by atoms with Crippen LogP contribution in [0.25, 0.3) is 76.9 Å². The summed E-state index contributed by atoms with van der Waals surface area (Å²) in [5.41, 5.74) is 12.2. The molecule has 0 N–H and O–H groups in total. The van der Waals surface area contributed by atoms with Crippen molar-refractivity contribution >= 4 is 60.5 Å². The second-order valence-electron chi connectivity index (χ2n) is 13.3. The number of furan rings is 1. The van der Waals surface area contributed by atoms with Crippen LogP contribution in [0.4, 0.5) is 17.1 Å². The Morgan fingerprint density at radius 3 is 1.71 bits per heavy atom. The molecule has 0 saturated carbocycles. The predicted molar refractivity (Wildman–Crippen MR) is 220 cm³/mol. The van der Waals surface area contributed by atoms with Gasteiger partial charge in [0.1, 0.15) is 11.2 Å². The number of hydrogen-bond acceptors (Lipinski definition) is 2. The highest BCUT2D eigenvalue weighted by Gasteiger charge is 2.20. The molecule has 0 fully saturated rings. The van der Waals surface area contributed by atoms with Gasteiger partial charge in [0.2, 0.25) is 0 Å². The maximum atomic E-state index is 6.24. The highest BCUT2D eigenvalue weighted by molar-refractivity contribution is 6.12. The molecule has 52 heavy (non-hydrogen) atoms. The Morgan fingerprint density at radius 1 is 0.327 bits per heavy atom. The average Bonchev–Trinajstić information content (AvgIpc) is 3.61. The zero-order chi connectivity index (χ0) is 34.4. The van der Waals surface area contributed by atoms with Crippen molar-refractivity contribution in [2.24, 2.45) is 0 Å². The van der Waals surface area contributed by atoms with E-state index >= 15 is 0 Å². The molecule has 0 aliphatic carbocycles. The predicted octanol–water partition coefficient (Wildman–Crippen LogP) is 14.4. The molecule has 244 valence electrons. The van der Waals surface area contributed by atoms with Crippen molar-refractivity contribution in [3.05, 3.63) is 200 Å². The van der Waals surface area contributed by atoms with Gasteiger partial charge in [0.05, 0.1) is 11.4 Å². The quantitative estimate of drug-likeness (QED) is 0.176. The highest BCUT2D eigenvalue weighted by atomic mass is 16.3. The van der Waals surface area contributed by atoms with Crippen molar-refractivity contribution in [1.82, 2.24) is 0 Å². The van der Waals surface area contributed by atoms with Crippen LogP contribution >= 0.6 is 0 Å². The van der Waals surface area contributed by atoms with Crippen LogP contribution < -0.4 is 4.90 Å². The lowest BCUT2D eigenvalue weighted by Crippen LogP contribution is -2.11. The molecule has 2 heteroatoms. The van der Waals surface area contributed by atoms with E-state index in [2.05, 4.69) is 193 Å². The van der Waals surface area contributed by atoms with Gasteiger partial charge in [-0.2, -0.15) is 0 Å². The molecule has 0 bridgehead atoms. The van der Waals surface area contributed by atoms with Crippen LogP contribution in [-0.4, -0.2) is 0 Å². The average molecular weight is 664 g/mol. The van der Waals surface area contributed by atoms with Crippen molar-refractivity contribution < 1.29 is 4.42 Å². The Hall–Kier alpha value is -6.90. The highest BCUT2D eigenvalue weighted by Crippen LogP contribution is 2.45. The number of fused-ring (bicyclic) bond motifs is 5. The molecule has 1 aromatic heterocycles. The molecule has 1 heterocycles. The minimum absolute atomic E-state index is 0.903. The Kier molecular flexibility index (Phi) is 7.18. The fraction of sp³-hybridized carbons (Fsp3) is 0. The Morgan fingerprint density at radius 2 is 0.865 bits per heavy atom. The lowest BCUT2D eigenvalue weighted by molar-refractivity contribution is 0.669. The third kappa shape index (κ3) is 5.04. The second-order valence-corrected chi connectivity index (χ2v) is 13.3. The van der Waals surface area contributed by atoms with Crippen LogP contribution in [0.15, 0.2) is 205 Å². The molecule has 0 radical (unpaired) electrons. The molecular weight excluding hydrogens is 631 g/mol. The first-order valence-corrected chi connectivity index (χ1v) is 17.8. The first-order valence-electron chi connectivity index (χ1n) is 17.8. The van der Waals surface area contributed by atoms with E-state index < -0.39 is 0 Å². The summed E-state index contributed by atoms with van der Waals surface area (Å²) in [5, 5.41) is 7.18. The summed E-state index contributed by atoms with van der Waals surface area (Å²) in [6, 6.07) is 71.8. The van der Waals surface area contributed by atoms with Gasteiger partial charge < -0.3 is 9.32 Å². The lowest BCUT2D eigenvalue weighted by atomic mass is 9.94. The molecule has 0 spiro atoms. The summed E-state index contributed by atoms with van der Waals surface area (Å²) in [4.78, 5) is 2.42. The zero-order valence-electron chi connectivity index (χ0n) is 28.4. The largest absolute Gasteiger partial charge is 0.456 e. The molecular formula is C50H33NO. The van der Waals surface area contributed by atoms with Crippen LogP contribution in [0.5, 0.6) is 0 Å². The van der Waals surface area contributed by atoms with Gasteiger partial charge in [0.25, 0.3) is 0 Å². The summed E-state index contributed by atoms with van der Waals surface area (Å²) in [7, 11) is 0. The number of anilines is 3. The maximum Gasteiger partial charge on any atom is 0.136 e. The summed E-state index contributed by atoms with van der Waals surface area (Å²) in [6.07, 6.45) is 0. The van der Waals surface area contributed by atoms with E-state index in [9.17, 15) is 0 Å². The van der Waals surface area contributed by atoms with Crippen molar-refractivity contribution in [3.63, 3.8) is 0 Å². The van der Waals surface area contributed by atoms with Gasteiger partial charge in [-0.3, -0.25) is 0 Å². The molecule has 10 rings (SSSR count). The number of rotatable bonds is 6. The fourth-order valence-corrected chi connectivity index (χ4v) is 7.86. The van der Waals surface area contributed by atoms with Gasteiger partial charge >= 0.3 is 0 Å². The van der Waals surface area contributed by atoms with Crippen molar-refractivity contribution in [3.8, 4) is 33.4 Å². The molecule has 0 aliphatic rings. The van der Waals surface area contributed by atoms with E-state index in [4.69, 9.17) is 4.42 Å². The molecule has 2 nitrogen and oxygen atoms in total. The first-order chi connectivity index (χ1) is 25.8. The van der Waals surface area contributed by atoms with E-state index in [0.29, 0.717) is 0 Å². The lowest BCUT2D eigenvalue weighted by Gasteiger charge is -2.29. The first kappa shape index (κ1) is 30.0. The Bertz CT molecular complexity index is 2910. The monoisotopic (exact) mass is 663 g/mol. The summed E-state index contributed by atoms with van der Waals surface area (Å²) in [5.74, 6) is 0. The van der Waals surface area contributed by atoms with Gasteiger partial charge in [0.15, 0.2) is 0 Å². The normalized spacial score (nSPS) is 11.5. The van der Waals surface area contributed by atoms with Crippen LogP contribution in [0, 0.1) is 0 Å². The van der Waals surface area contributed by atoms with Gasteiger partial charge in [-0.05, 0) is 86.4 Å².